The Morgan fingerprint density at radius 1 is 1.30 bits per heavy atom. The van der Waals surface area contributed by atoms with Crippen molar-refractivity contribution in [1.29, 1.82) is 0 Å². The lowest BCUT2D eigenvalue weighted by molar-refractivity contribution is -0.129. The maximum atomic E-state index is 12.3. The molecule has 1 amide bonds. The first-order chi connectivity index (χ1) is 11.0. The second-order valence-electron chi connectivity index (χ2n) is 6.94. The van der Waals surface area contributed by atoms with Gasteiger partial charge in [-0.1, -0.05) is 19.8 Å². The van der Waals surface area contributed by atoms with Gasteiger partial charge in [0, 0.05) is 10.9 Å². The Labute approximate surface area is 141 Å². The first kappa shape index (κ1) is 16.5. The van der Waals surface area contributed by atoms with E-state index in [9.17, 15) is 9.59 Å². The molecule has 2 aliphatic carbocycles. The molecule has 2 aliphatic rings. The van der Waals surface area contributed by atoms with E-state index in [-0.39, 0.29) is 17.9 Å². The third-order valence-corrected chi connectivity index (χ3v) is 6.10. The highest BCUT2D eigenvalue weighted by atomic mass is 32.1. The van der Waals surface area contributed by atoms with Crippen LogP contribution in [0.15, 0.2) is 6.07 Å². The fourth-order valence-electron chi connectivity index (χ4n) is 3.47. The van der Waals surface area contributed by atoms with E-state index in [1.54, 1.807) is 6.92 Å². The Morgan fingerprint density at radius 3 is 2.78 bits per heavy atom. The largest absolute Gasteiger partial charge is 0.448 e. The number of nitrogens with one attached hydrogen (secondary N) is 1. The summed E-state index contributed by atoms with van der Waals surface area (Å²) in [6.07, 6.45) is 6.92. The van der Waals surface area contributed by atoms with Crippen LogP contribution >= 0.6 is 11.3 Å². The highest BCUT2D eigenvalue weighted by Gasteiger charge is 2.26. The maximum Gasteiger partial charge on any atom is 0.349 e. The lowest BCUT2D eigenvalue weighted by atomic mass is 9.90. The quantitative estimate of drug-likeness (QED) is 0.857. The molecule has 126 valence electrons. The predicted octanol–water partition coefficient (Wildman–Crippen LogP) is 3.48. The lowest BCUT2D eigenvalue weighted by Crippen LogP contribution is -2.40. The van der Waals surface area contributed by atoms with Crippen molar-refractivity contribution in [2.24, 2.45) is 5.92 Å². The fraction of sp³-hybridized carbons (Fsp3) is 0.667. The summed E-state index contributed by atoms with van der Waals surface area (Å²) in [5.41, 5.74) is 1.28. The number of aryl methyl sites for hydroxylation is 1. The number of rotatable bonds is 4. The van der Waals surface area contributed by atoms with Crippen molar-refractivity contribution in [2.75, 3.05) is 0 Å². The van der Waals surface area contributed by atoms with E-state index in [4.69, 9.17) is 4.74 Å². The highest BCUT2D eigenvalue weighted by molar-refractivity contribution is 7.14. The molecule has 1 aromatic heterocycles. The number of hydrogen-bond donors (Lipinski definition) is 1. The first-order valence-electron chi connectivity index (χ1n) is 8.66. The molecule has 5 heteroatoms. The number of fused-ring (bicyclic) bond motifs is 1. The van der Waals surface area contributed by atoms with Gasteiger partial charge >= 0.3 is 5.97 Å². The summed E-state index contributed by atoms with van der Waals surface area (Å²) in [5, 5.41) is 2.98. The fourth-order valence-corrected chi connectivity index (χ4v) is 4.56. The minimum Gasteiger partial charge on any atom is -0.448 e. The van der Waals surface area contributed by atoms with Gasteiger partial charge in [-0.25, -0.2) is 4.79 Å². The SMILES string of the molecule is CC1CCc2sc(C(=O)OC(C)C(=O)NC3CCCC3)cc2C1. The van der Waals surface area contributed by atoms with Crippen LogP contribution in [0, 0.1) is 5.92 Å². The number of hydrogen-bond acceptors (Lipinski definition) is 4. The number of amides is 1. The standard InChI is InChI=1S/C18H25NO3S/c1-11-7-8-15-13(9-11)10-16(23-15)18(21)22-12(2)17(20)19-14-5-3-4-6-14/h10-12,14H,3-9H2,1-2H3,(H,19,20). The molecule has 1 fully saturated rings. The molecule has 2 unspecified atom stereocenters. The lowest BCUT2D eigenvalue weighted by Gasteiger charge is -2.16. The molecule has 0 saturated heterocycles. The molecule has 3 rings (SSSR count). The molecular weight excluding hydrogens is 310 g/mol. The van der Waals surface area contributed by atoms with Crippen molar-refractivity contribution < 1.29 is 14.3 Å². The molecular formula is C18H25NO3S. The van der Waals surface area contributed by atoms with Gasteiger partial charge in [0.1, 0.15) is 4.88 Å². The zero-order valence-corrected chi connectivity index (χ0v) is 14.7. The molecule has 0 spiro atoms. The van der Waals surface area contributed by atoms with Crippen LogP contribution in [0.4, 0.5) is 0 Å². The van der Waals surface area contributed by atoms with E-state index in [2.05, 4.69) is 12.2 Å². The minimum absolute atomic E-state index is 0.180. The van der Waals surface area contributed by atoms with Gasteiger partial charge in [0.25, 0.3) is 5.91 Å². The normalized spacial score (nSPS) is 22.4. The summed E-state index contributed by atoms with van der Waals surface area (Å²) in [5.74, 6) is 0.128. The van der Waals surface area contributed by atoms with Crippen LogP contribution in [0.25, 0.3) is 0 Å². The van der Waals surface area contributed by atoms with Gasteiger partial charge in [0.15, 0.2) is 6.10 Å². The Kier molecular flexibility index (Phi) is 5.05. The van der Waals surface area contributed by atoms with Crippen molar-refractivity contribution in [3.63, 3.8) is 0 Å². The van der Waals surface area contributed by atoms with Crippen molar-refractivity contribution in [1.82, 2.24) is 5.32 Å². The van der Waals surface area contributed by atoms with Crippen LogP contribution in [0.5, 0.6) is 0 Å². The minimum atomic E-state index is -0.735. The summed E-state index contributed by atoms with van der Waals surface area (Å²) >= 11 is 1.53. The third-order valence-electron chi connectivity index (χ3n) is 4.88. The molecule has 1 heterocycles. The number of esters is 1. The van der Waals surface area contributed by atoms with E-state index in [0.717, 1.165) is 38.5 Å². The van der Waals surface area contributed by atoms with Gasteiger partial charge in [-0.2, -0.15) is 0 Å². The molecule has 0 aliphatic heterocycles. The number of thiophene rings is 1. The smallest absolute Gasteiger partial charge is 0.349 e. The molecule has 23 heavy (non-hydrogen) atoms. The molecule has 4 nitrogen and oxygen atoms in total. The van der Waals surface area contributed by atoms with Gasteiger partial charge in [0.2, 0.25) is 0 Å². The molecule has 2 atom stereocenters. The van der Waals surface area contributed by atoms with Crippen molar-refractivity contribution >= 4 is 23.2 Å². The Hall–Kier alpha value is -1.36. The molecule has 1 N–H and O–H groups in total. The van der Waals surface area contributed by atoms with E-state index in [1.165, 1.54) is 28.2 Å². The van der Waals surface area contributed by atoms with E-state index in [1.807, 2.05) is 6.07 Å². The summed E-state index contributed by atoms with van der Waals surface area (Å²) in [6.45, 7) is 3.89. The summed E-state index contributed by atoms with van der Waals surface area (Å²) in [6, 6.07) is 2.21. The van der Waals surface area contributed by atoms with Crippen LogP contribution in [-0.4, -0.2) is 24.0 Å². The molecule has 0 radical (unpaired) electrons. The molecule has 1 saturated carbocycles. The van der Waals surface area contributed by atoms with Gasteiger partial charge in [-0.15, -0.1) is 11.3 Å². The highest BCUT2D eigenvalue weighted by Crippen LogP contribution is 2.32. The number of carbonyl (C=O) groups excluding carboxylic acids is 2. The second kappa shape index (κ2) is 7.04. The van der Waals surface area contributed by atoms with E-state index < -0.39 is 6.10 Å². The van der Waals surface area contributed by atoms with Gasteiger partial charge < -0.3 is 10.1 Å². The zero-order chi connectivity index (χ0) is 16.4. The predicted molar refractivity (Wildman–Crippen MR) is 90.8 cm³/mol. The third kappa shape index (κ3) is 3.94. The average Bonchev–Trinajstić information content (AvgIpc) is 3.15. The van der Waals surface area contributed by atoms with E-state index >= 15 is 0 Å². The Balaban J connectivity index is 1.56. The van der Waals surface area contributed by atoms with Crippen molar-refractivity contribution in [2.45, 2.75) is 70.9 Å². The van der Waals surface area contributed by atoms with Gasteiger partial charge in [-0.3, -0.25) is 4.79 Å². The summed E-state index contributed by atoms with van der Waals surface area (Å²) in [4.78, 5) is 26.4. The maximum absolute atomic E-state index is 12.3. The van der Waals surface area contributed by atoms with Crippen LogP contribution in [0.3, 0.4) is 0 Å². The van der Waals surface area contributed by atoms with Gasteiger partial charge in [0.05, 0.1) is 0 Å². The van der Waals surface area contributed by atoms with Crippen molar-refractivity contribution in [3.05, 3.63) is 21.4 Å². The van der Waals surface area contributed by atoms with Crippen molar-refractivity contribution in [3.8, 4) is 0 Å². The summed E-state index contributed by atoms with van der Waals surface area (Å²) < 4.78 is 5.37. The number of ether oxygens (including phenoxy) is 1. The molecule has 1 aromatic rings. The topological polar surface area (TPSA) is 55.4 Å². The second-order valence-corrected chi connectivity index (χ2v) is 8.08. The average molecular weight is 335 g/mol. The van der Waals surface area contributed by atoms with Crippen LogP contribution in [0.1, 0.15) is 66.1 Å². The zero-order valence-electron chi connectivity index (χ0n) is 13.9. The molecule has 0 bridgehead atoms. The Morgan fingerprint density at radius 2 is 2.04 bits per heavy atom. The summed E-state index contributed by atoms with van der Waals surface area (Å²) in [7, 11) is 0. The molecule has 0 aromatic carbocycles. The van der Waals surface area contributed by atoms with Crippen LogP contribution in [-0.2, 0) is 22.4 Å². The van der Waals surface area contributed by atoms with Gasteiger partial charge in [-0.05, 0) is 56.6 Å². The van der Waals surface area contributed by atoms with Crippen LogP contribution in [0.2, 0.25) is 0 Å². The van der Waals surface area contributed by atoms with E-state index in [0.29, 0.717) is 10.8 Å². The first-order valence-corrected chi connectivity index (χ1v) is 9.47. The van der Waals surface area contributed by atoms with Crippen LogP contribution < -0.4 is 5.32 Å². The Bertz CT molecular complexity index is 589. The monoisotopic (exact) mass is 335 g/mol. The number of carbonyl (C=O) groups is 2.